The van der Waals surface area contributed by atoms with E-state index in [0.29, 0.717) is 19.1 Å². The van der Waals surface area contributed by atoms with Gasteiger partial charge in [-0.3, -0.25) is 0 Å². The molecular formula is C11H18O5. The molecule has 4 atom stereocenters. The summed E-state index contributed by atoms with van der Waals surface area (Å²) in [5.74, 6) is 0.361. The molecule has 16 heavy (non-hydrogen) atoms. The topological polar surface area (TPSA) is 54.0 Å². The predicted octanol–water partition coefficient (Wildman–Crippen LogP) is 1.35. The second kappa shape index (κ2) is 4.59. The van der Waals surface area contributed by atoms with Crippen molar-refractivity contribution >= 4 is 6.16 Å². The molecule has 0 aromatic heterocycles. The summed E-state index contributed by atoms with van der Waals surface area (Å²) >= 11 is 0. The lowest BCUT2D eigenvalue weighted by molar-refractivity contribution is -0.0361. The molecule has 92 valence electrons. The van der Waals surface area contributed by atoms with Gasteiger partial charge >= 0.3 is 6.16 Å². The van der Waals surface area contributed by atoms with Crippen molar-refractivity contribution in [1.29, 1.82) is 0 Å². The number of rotatable bonds is 2. The number of carbonyl (C=O) groups is 1. The second-order valence-corrected chi connectivity index (χ2v) is 4.65. The summed E-state index contributed by atoms with van der Waals surface area (Å²) in [6.45, 7) is 6.69. The van der Waals surface area contributed by atoms with Gasteiger partial charge in [-0.05, 0) is 13.8 Å². The molecule has 2 fully saturated rings. The van der Waals surface area contributed by atoms with Crippen molar-refractivity contribution < 1.29 is 23.7 Å². The Hall–Kier alpha value is -0.810. The van der Waals surface area contributed by atoms with Gasteiger partial charge in [-0.25, -0.2) is 4.79 Å². The van der Waals surface area contributed by atoms with Gasteiger partial charge in [0.2, 0.25) is 0 Å². The molecule has 5 nitrogen and oxygen atoms in total. The number of hydrogen-bond donors (Lipinski definition) is 0. The van der Waals surface area contributed by atoms with Gasteiger partial charge in [0.1, 0.15) is 6.10 Å². The SMILES string of the molecule is CC(C)OC(=O)OC1COC2C(C)COC12. The summed E-state index contributed by atoms with van der Waals surface area (Å²) in [6.07, 6.45) is -1.23. The highest BCUT2D eigenvalue weighted by Gasteiger charge is 2.47. The zero-order valence-corrected chi connectivity index (χ0v) is 9.84. The van der Waals surface area contributed by atoms with E-state index in [0.717, 1.165) is 0 Å². The summed E-state index contributed by atoms with van der Waals surface area (Å²) in [5, 5.41) is 0. The number of carbonyl (C=O) groups excluding carboxylic acids is 1. The lowest BCUT2D eigenvalue weighted by Crippen LogP contribution is -2.33. The fourth-order valence-electron chi connectivity index (χ4n) is 2.10. The third-order valence-corrected chi connectivity index (χ3v) is 2.84. The van der Waals surface area contributed by atoms with Crippen molar-refractivity contribution in [3.8, 4) is 0 Å². The van der Waals surface area contributed by atoms with Crippen LogP contribution in [0, 0.1) is 5.92 Å². The molecule has 5 heteroatoms. The van der Waals surface area contributed by atoms with E-state index in [1.165, 1.54) is 0 Å². The van der Waals surface area contributed by atoms with Crippen molar-refractivity contribution in [3.05, 3.63) is 0 Å². The van der Waals surface area contributed by atoms with Gasteiger partial charge in [-0.2, -0.15) is 0 Å². The molecular weight excluding hydrogens is 212 g/mol. The Balaban J connectivity index is 1.85. The number of fused-ring (bicyclic) bond motifs is 1. The highest BCUT2D eigenvalue weighted by Crippen LogP contribution is 2.32. The van der Waals surface area contributed by atoms with Gasteiger partial charge < -0.3 is 18.9 Å². The van der Waals surface area contributed by atoms with Crippen LogP contribution in [0.25, 0.3) is 0 Å². The first-order valence-corrected chi connectivity index (χ1v) is 5.68. The van der Waals surface area contributed by atoms with E-state index in [1.54, 1.807) is 13.8 Å². The first kappa shape index (κ1) is 11.7. The standard InChI is InChI=1S/C11H18O5/c1-6(2)15-11(12)16-8-5-14-9-7(3)4-13-10(8)9/h6-10H,4-5H2,1-3H3. The average molecular weight is 230 g/mol. The summed E-state index contributed by atoms with van der Waals surface area (Å²) in [4.78, 5) is 11.3. The van der Waals surface area contributed by atoms with Gasteiger partial charge in [0, 0.05) is 5.92 Å². The molecule has 0 aliphatic carbocycles. The maximum Gasteiger partial charge on any atom is 0.508 e. The minimum absolute atomic E-state index is 0.0526. The summed E-state index contributed by atoms with van der Waals surface area (Å²) in [5.41, 5.74) is 0. The van der Waals surface area contributed by atoms with E-state index in [9.17, 15) is 4.79 Å². The van der Waals surface area contributed by atoms with Crippen molar-refractivity contribution in [3.63, 3.8) is 0 Å². The monoisotopic (exact) mass is 230 g/mol. The van der Waals surface area contributed by atoms with E-state index < -0.39 is 6.16 Å². The third kappa shape index (κ3) is 2.30. The highest BCUT2D eigenvalue weighted by molar-refractivity contribution is 5.60. The molecule has 0 amide bonds. The van der Waals surface area contributed by atoms with Gasteiger partial charge in [0.15, 0.2) is 6.10 Å². The zero-order chi connectivity index (χ0) is 11.7. The van der Waals surface area contributed by atoms with Crippen LogP contribution in [0.4, 0.5) is 4.79 Å². The van der Waals surface area contributed by atoms with Crippen LogP contribution in [0.1, 0.15) is 20.8 Å². The van der Waals surface area contributed by atoms with Crippen LogP contribution in [0.5, 0.6) is 0 Å². The van der Waals surface area contributed by atoms with Gasteiger partial charge in [0.25, 0.3) is 0 Å². The molecule has 2 aliphatic heterocycles. The quantitative estimate of drug-likeness (QED) is 0.670. The van der Waals surface area contributed by atoms with Crippen LogP contribution in [-0.2, 0) is 18.9 Å². The molecule has 2 heterocycles. The maximum atomic E-state index is 11.3. The first-order chi connectivity index (χ1) is 7.58. The molecule has 0 saturated carbocycles. The van der Waals surface area contributed by atoms with E-state index in [4.69, 9.17) is 18.9 Å². The minimum Gasteiger partial charge on any atom is -0.432 e. The van der Waals surface area contributed by atoms with Crippen LogP contribution in [0.2, 0.25) is 0 Å². The largest absolute Gasteiger partial charge is 0.508 e. The summed E-state index contributed by atoms with van der Waals surface area (Å²) < 4.78 is 21.2. The van der Waals surface area contributed by atoms with Crippen molar-refractivity contribution in [2.24, 2.45) is 5.92 Å². The number of hydrogen-bond acceptors (Lipinski definition) is 5. The molecule has 2 saturated heterocycles. The molecule has 0 aromatic carbocycles. The van der Waals surface area contributed by atoms with E-state index in [-0.39, 0.29) is 24.4 Å². The van der Waals surface area contributed by atoms with E-state index in [2.05, 4.69) is 6.92 Å². The molecule has 4 unspecified atom stereocenters. The third-order valence-electron chi connectivity index (χ3n) is 2.84. The van der Waals surface area contributed by atoms with E-state index in [1.807, 2.05) is 0 Å². The average Bonchev–Trinajstić information content (AvgIpc) is 2.70. The second-order valence-electron chi connectivity index (χ2n) is 4.65. The highest BCUT2D eigenvalue weighted by atomic mass is 16.7. The Kier molecular flexibility index (Phi) is 3.35. The molecule has 0 bridgehead atoms. The molecule has 0 radical (unpaired) electrons. The Morgan fingerprint density at radius 3 is 2.62 bits per heavy atom. The maximum absolute atomic E-state index is 11.3. The van der Waals surface area contributed by atoms with Crippen LogP contribution < -0.4 is 0 Å². The molecule has 0 spiro atoms. The Morgan fingerprint density at radius 2 is 1.94 bits per heavy atom. The minimum atomic E-state index is -0.646. The molecule has 0 N–H and O–H groups in total. The molecule has 2 aliphatic rings. The normalized spacial score (nSPS) is 37.5. The van der Waals surface area contributed by atoms with Gasteiger partial charge in [-0.1, -0.05) is 6.92 Å². The lowest BCUT2D eigenvalue weighted by Gasteiger charge is -2.17. The van der Waals surface area contributed by atoms with E-state index >= 15 is 0 Å². The Morgan fingerprint density at radius 1 is 1.25 bits per heavy atom. The van der Waals surface area contributed by atoms with Crippen LogP contribution >= 0.6 is 0 Å². The molecule has 0 aromatic rings. The Bertz CT molecular complexity index is 265. The van der Waals surface area contributed by atoms with Crippen LogP contribution in [0.15, 0.2) is 0 Å². The van der Waals surface area contributed by atoms with Gasteiger partial charge in [0.05, 0.1) is 25.4 Å². The predicted molar refractivity (Wildman–Crippen MR) is 55.1 cm³/mol. The first-order valence-electron chi connectivity index (χ1n) is 5.68. The fraction of sp³-hybridized carbons (Fsp3) is 0.909. The van der Waals surface area contributed by atoms with Crippen molar-refractivity contribution in [2.75, 3.05) is 13.2 Å². The van der Waals surface area contributed by atoms with Crippen LogP contribution in [-0.4, -0.2) is 43.8 Å². The molecule has 2 rings (SSSR count). The van der Waals surface area contributed by atoms with Crippen LogP contribution in [0.3, 0.4) is 0 Å². The van der Waals surface area contributed by atoms with Gasteiger partial charge in [-0.15, -0.1) is 0 Å². The number of ether oxygens (including phenoxy) is 4. The van der Waals surface area contributed by atoms with Crippen molar-refractivity contribution in [2.45, 2.75) is 45.2 Å². The smallest absolute Gasteiger partial charge is 0.432 e. The Labute approximate surface area is 95.0 Å². The zero-order valence-electron chi connectivity index (χ0n) is 9.84. The lowest BCUT2D eigenvalue weighted by atomic mass is 10.0. The fourth-order valence-corrected chi connectivity index (χ4v) is 2.10. The van der Waals surface area contributed by atoms with Crippen molar-refractivity contribution in [1.82, 2.24) is 0 Å². The summed E-state index contributed by atoms with van der Waals surface area (Å²) in [7, 11) is 0. The summed E-state index contributed by atoms with van der Waals surface area (Å²) in [6, 6.07) is 0.